The Bertz CT molecular complexity index is 398. The second-order valence-corrected chi connectivity index (χ2v) is 4.85. The van der Waals surface area contributed by atoms with Crippen LogP contribution in [-0.4, -0.2) is 46.2 Å². The lowest BCUT2D eigenvalue weighted by molar-refractivity contribution is 0.120. The predicted octanol–water partition coefficient (Wildman–Crippen LogP) is 1.14. The summed E-state index contributed by atoms with van der Waals surface area (Å²) in [6, 6.07) is 0.445. The van der Waals surface area contributed by atoms with Crippen molar-refractivity contribution >= 4 is 0 Å². The van der Waals surface area contributed by atoms with Crippen molar-refractivity contribution in [3.63, 3.8) is 0 Å². The molecule has 0 aliphatic carbocycles. The number of nitrogens with zero attached hydrogens (tertiary/aromatic N) is 3. The van der Waals surface area contributed by atoms with Gasteiger partial charge in [0.05, 0.1) is 12.2 Å². The van der Waals surface area contributed by atoms with Gasteiger partial charge in [0.1, 0.15) is 12.4 Å². The quantitative estimate of drug-likeness (QED) is 0.869. The highest BCUT2D eigenvalue weighted by Gasteiger charge is 2.20. The number of ether oxygens (including phenoxy) is 1. The van der Waals surface area contributed by atoms with E-state index in [0.717, 1.165) is 13.0 Å². The van der Waals surface area contributed by atoms with Crippen LogP contribution in [0.25, 0.3) is 0 Å². The smallest absolute Gasteiger partial charge is 0.222 e. The Labute approximate surface area is 108 Å². The number of aryl methyl sites for hydroxylation is 1. The predicted molar refractivity (Wildman–Crippen MR) is 68.5 cm³/mol. The van der Waals surface area contributed by atoms with Crippen molar-refractivity contribution in [1.82, 2.24) is 14.9 Å². The van der Waals surface area contributed by atoms with Gasteiger partial charge in [-0.2, -0.15) is 4.98 Å². The van der Waals surface area contributed by atoms with Crippen LogP contribution >= 0.6 is 0 Å². The molecule has 1 saturated heterocycles. The van der Waals surface area contributed by atoms with E-state index in [1.807, 2.05) is 6.92 Å². The maximum atomic E-state index is 9.23. The van der Waals surface area contributed by atoms with E-state index in [1.54, 1.807) is 6.20 Å². The van der Waals surface area contributed by atoms with E-state index in [-0.39, 0.29) is 6.61 Å². The highest BCUT2D eigenvalue weighted by atomic mass is 16.5. The monoisotopic (exact) mass is 251 g/mol. The first-order valence-electron chi connectivity index (χ1n) is 6.47. The molecular weight excluding hydrogens is 230 g/mol. The first kappa shape index (κ1) is 13.2. The summed E-state index contributed by atoms with van der Waals surface area (Å²) in [5, 5.41) is 9.23. The van der Waals surface area contributed by atoms with Crippen LogP contribution in [0.5, 0.6) is 5.88 Å². The number of aromatic nitrogens is 2. The molecule has 100 valence electrons. The van der Waals surface area contributed by atoms with Crippen LogP contribution in [-0.2, 0) is 6.61 Å². The topological polar surface area (TPSA) is 58.5 Å². The van der Waals surface area contributed by atoms with Gasteiger partial charge in [-0.1, -0.05) is 6.42 Å². The van der Waals surface area contributed by atoms with Gasteiger partial charge in [-0.3, -0.25) is 0 Å². The van der Waals surface area contributed by atoms with Crippen LogP contribution < -0.4 is 4.74 Å². The molecule has 18 heavy (non-hydrogen) atoms. The van der Waals surface area contributed by atoms with Crippen molar-refractivity contribution in [2.24, 2.45) is 0 Å². The van der Waals surface area contributed by atoms with E-state index >= 15 is 0 Å². The van der Waals surface area contributed by atoms with Gasteiger partial charge in [-0.15, -0.1) is 0 Å². The lowest BCUT2D eigenvalue weighted by Gasteiger charge is -2.32. The minimum atomic E-state index is -0.0872. The zero-order valence-electron chi connectivity index (χ0n) is 11.1. The molecule has 1 unspecified atom stereocenters. The second-order valence-electron chi connectivity index (χ2n) is 4.85. The molecule has 5 nitrogen and oxygen atoms in total. The van der Waals surface area contributed by atoms with Crippen molar-refractivity contribution in [3.8, 4) is 5.88 Å². The van der Waals surface area contributed by atoms with E-state index in [4.69, 9.17) is 4.74 Å². The first-order chi connectivity index (χ1) is 8.70. The van der Waals surface area contributed by atoms with E-state index < -0.39 is 0 Å². The molecule has 1 aromatic rings. The number of likely N-dealkylation sites (tertiary alicyclic amines) is 1. The lowest BCUT2D eigenvalue weighted by atomic mass is 10.0. The van der Waals surface area contributed by atoms with Crippen LogP contribution in [0, 0.1) is 6.92 Å². The number of likely N-dealkylation sites (N-methyl/N-ethyl adjacent to an activating group) is 1. The Morgan fingerprint density at radius 1 is 1.50 bits per heavy atom. The van der Waals surface area contributed by atoms with Gasteiger partial charge in [0.25, 0.3) is 0 Å². The van der Waals surface area contributed by atoms with Gasteiger partial charge < -0.3 is 14.7 Å². The molecule has 1 aliphatic heterocycles. The third-order valence-corrected chi connectivity index (χ3v) is 3.45. The highest BCUT2D eigenvalue weighted by Crippen LogP contribution is 2.18. The van der Waals surface area contributed by atoms with Crippen LogP contribution in [0.4, 0.5) is 0 Å². The normalized spacial score (nSPS) is 20.9. The first-order valence-corrected chi connectivity index (χ1v) is 6.47. The molecule has 0 radical (unpaired) electrons. The fourth-order valence-electron chi connectivity index (χ4n) is 2.24. The zero-order valence-corrected chi connectivity index (χ0v) is 11.1. The molecule has 0 saturated carbocycles. The molecule has 0 amide bonds. The fourth-order valence-corrected chi connectivity index (χ4v) is 2.24. The van der Waals surface area contributed by atoms with Gasteiger partial charge in [0.15, 0.2) is 0 Å². The molecular formula is C13H21N3O2. The van der Waals surface area contributed by atoms with Gasteiger partial charge >= 0.3 is 0 Å². The Morgan fingerprint density at radius 3 is 3.06 bits per heavy atom. The molecule has 1 fully saturated rings. The summed E-state index contributed by atoms with van der Waals surface area (Å²) in [4.78, 5) is 10.6. The zero-order chi connectivity index (χ0) is 13.0. The number of piperidine rings is 1. The maximum absolute atomic E-state index is 9.23. The van der Waals surface area contributed by atoms with E-state index in [1.165, 1.54) is 12.8 Å². The van der Waals surface area contributed by atoms with Gasteiger partial charge in [0.2, 0.25) is 5.88 Å². The molecule has 0 bridgehead atoms. The molecule has 2 rings (SSSR count). The second kappa shape index (κ2) is 6.11. The summed E-state index contributed by atoms with van der Waals surface area (Å²) < 4.78 is 5.77. The molecule has 1 aromatic heterocycles. The summed E-state index contributed by atoms with van der Waals surface area (Å²) in [6.07, 6.45) is 5.31. The average Bonchev–Trinajstić information content (AvgIpc) is 2.38. The van der Waals surface area contributed by atoms with Crippen molar-refractivity contribution in [2.75, 3.05) is 20.2 Å². The van der Waals surface area contributed by atoms with E-state index in [2.05, 4.69) is 21.9 Å². The molecule has 1 aliphatic rings. The summed E-state index contributed by atoms with van der Waals surface area (Å²) >= 11 is 0. The summed E-state index contributed by atoms with van der Waals surface area (Å²) in [5.41, 5.74) is 0.652. The number of hydrogen-bond acceptors (Lipinski definition) is 5. The lowest BCUT2D eigenvalue weighted by Crippen LogP contribution is -2.40. The average molecular weight is 251 g/mol. The van der Waals surface area contributed by atoms with E-state index in [9.17, 15) is 5.11 Å². The van der Waals surface area contributed by atoms with Crippen molar-refractivity contribution < 1.29 is 9.84 Å². The molecule has 2 heterocycles. The van der Waals surface area contributed by atoms with Gasteiger partial charge in [-0.05, 0) is 33.4 Å². The number of rotatable bonds is 4. The SMILES string of the molecule is Cc1ncc(CO)c(OCC2CCCCN2C)n1. The van der Waals surface area contributed by atoms with Crippen molar-refractivity contribution in [3.05, 3.63) is 17.6 Å². The Balaban J connectivity index is 1.98. The molecule has 0 spiro atoms. The largest absolute Gasteiger partial charge is 0.476 e. The van der Waals surface area contributed by atoms with Crippen molar-refractivity contribution in [1.29, 1.82) is 0 Å². The Hall–Kier alpha value is -1.20. The summed E-state index contributed by atoms with van der Waals surface area (Å²) in [6.45, 7) is 3.49. The van der Waals surface area contributed by atoms with Crippen LogP contribution in [0.2, 0.25) is 0 Å². The molecule has 0 aromatic carbocycles. The highest BCUT2D eigenvalue weighted by molar-refractivity contribution is 5.22. The molecule has 1 atom stereocenters. The summed E-state index contributed by atoms with van der Waals surface area (Å²) in [7, 11) is 2.13. The van der Waals surface area contributed by atoms with Gasteiger partial charge in [-0.25, -0.2) is 4.98 Å². The Morgan fingerprint density at radius 2 is 2.33 bits per heavy atom. The standard InChI is InChI=1S/C13H21N3O2/c1-10-14-7-11(8-17)13(15-10)18-9-12-5-3-4-6-16(12)2/h7,12,17H,3-6,8-9H2,1-2H3. The van der Waals surface area contributed by atoms with Crippen LogP contribution in [0.15, 0.2) is 6.20 Å². The number of aliphatic hydroxyl groups excluding tert-OH is 1. The Kier molecular flexibility index (Phi) is 4.49. The maximum Gasteiger partial charge on any atom is 0.222 e. The number of aliphatic hydroxyl groups is 1. The minimum absolute atomic E-state index is 0.0872. The fraction of sp³-hybridized carbons (Fsp3) is 0.692. The van der Waals surface area contributed by atoms with Crippen LogP contribution in [0.1, 0.15) is 30.7 Å². The molecule has 1 N–H and O–H groups in total. The minimum Gasteiger partial charge on any atom is -0.476 e. The van der Waals surface area contributed by atoms with Crippen LogP contribution in [0.3, 0.4) is 0 Å². The third kappa shape index (κ3) is 3.17. The third-order valence-electron chi connectivity index (χ3n) is 3.45. The van der Waals surface area contributed by atoms with Gasteiger partial charge in [0, 0.05) is 12.2 Å². The van der Waals surface area contributed by atoms with E-state index in [0.29, 0.717) is 29.9 Å². The summed E-state index contributed by atoms with van der Waals surface area (Å²) in [5.74, 6) is 1.18. The number of hydrogen-bond donors (Lipinski definition) is 1. The molecule has 5 heteroatoms. The van der Waals surface area contributed by atoms with Crippen molar-refractivity contribution in [2.45, 2.75) is 38.8 Å².